The molecule has 4 aliphatic rings. The maximum Gasteiger partial charge on any atom is 0.342 e. The molecule has 1 aromatic rings. The van der Waals surface area contributed by atoms with Crippen molar-refractivity contribution < 1.29 is 38.4 Å². The molecule has 0 aromatic heterocycles. The second-order valence-electron chi connectivity index (χ2n) is 11.0. The number of cyclic esters (lactones) is 1. The Kier molecular flexibility index (Phi) is 5.07. The molecule has 35 heavy (non-hydrogen) atoms. The van der Waals surface area contributed by atoms with Gasteiger partial charge in [-0.25, -0.2) is 4.79 Å². The van der Waals surface area contributed by atoms with Gasteiger partial charge in [-0.05, 0) is 39.7 Å². The van der Waals surface area contributed by atoms with Gasteiger partial charge in [0.25, 0.3) is 0 Å². The molecule has 3 aliphatic heterocycles. The smallest absolute Gasteiger partial charge is 0.342 e. The van der Waals surface area contributed by atoms with E-state index in [1.807, 2.05) is 33.8 Å². The molecule has 1 N–H and O–H groups in total. The van der Waals surface area contributed by atoms with E-state index in [2.05, 4.69) is 0 Å². The van der Waals surface area contributed by atoms with E-state index < -0.39 is 40.8 Å². The minimum absolute atomic E-state index is 0.0454. The Morgan fingerprint density at radius 3 is 2.60 bits per heavy atom. The van der Waals surface area contributed by atoms with Gasteiger partial charge in [-0.15, -0.1) is 0 Å². The minimum Gasteiger partial charge on any atom is -0.507 e. The lowest BCUT2D eigenvalue weighted by molar-refractivity contribution is -0.236. The molecule has 0 bridgehead atoms. The van der Waals surface area contributed by atoms with E-state index in [0.29, 0.717) is 36.1 Å². The highest BCUT2D eigenvalue weighted by atomic mass is 16.6. The number of ketones is 1. The summed E-state index contributed by atoms with van der Waals surface area (Å²) in [5.41, 5.74) is -1.87. The van der Waals surface area contributed by atoms with Gasteiger partial charge >= 0.3 is 11.9 Å². The third kappa shape index (κ3) is 3.07. The summed E-state index contributed by atoms with van der Waals surface area (Å²) in [7, 11) is 0. The van der Waals surface area contributed by atoms with Gasteiger partial charge in [0.05, 0.1) is 11.2 Å². The Labute approximate surface area is 204 Å². The minimum atomic E-state index is -1.05. The number of phenolic OH excluding ortho intramolecular Hbond substituents is 1. The van der Waals surface area contributed by atoms with Crippen LogP contribution in [0.5, 0.6) is 11.5 Å². The van der Waals surface area contributed by atoms with Crippen LogP contribution in [0.2, 0.25) is 0 Å². The highest BCUT2D eigenvalue weighted by Gasteiger charge is 2.71. The van der Waals surface area contributed by atoms with Crippen LogP contribution in [-0.4, -0.2) is 40.1 Å². The summed E-state index contributed by atoms with van der Waals surface area (Å²) in [5.74, 6) is -0.126. The van der Waals surface area contributed by atoms with E-state index in [-0.39, 0.29) is 29.4 Å². The van der Waals surface area contributed by atoms with Crippen molar-refractivity contribution in [3.05, 3.63) is 34.6 Å². The molecule has 0 unspecified atom stereocenters. The van der Waals surface area contributed by atoms with Gasteiger partial charge in [0.15, 0.2) is 11.7 Å². The van der Waals surface area contributed by atoms with Crippen LogP contribution in [0.4, 0.5) is 0 Å². The molecule has 0 radical (unpaired) electrons. The lowest BCUT2D eigenvalue weighted by atomic mass is 9.52. The molecule has 1 fully saturated rings. The van der Waals surface area contributed by atoms with Crippen LogP contribution in [0, 0.1) is 11.3 Å². The van der Waals surface area contributed by atoms with Gasteiger partial charge in [0.1, 0.15) is 34.6 Å². The van der Waals surface area contributed by atoms with E-state index in [1.165, 1.54) is 13.0 Å². The molecule has 0 amide bonds. The SMILES string of the molecule is CC(=O)O[C@@H]1c2c3c(cc(O)c2C(=O)O[C@@H]1C)O[C@]1(C)CCC(=O)[C@]2(C)CC=C(C(C)C)O[C@]12C3. The molecule has 5 atom stereocenters. The number of hydrogen-bond acceptors (Lipinski definition) is 8. The highest BCUT2D eigenvalue weighted by Crippen LogP contribution is 2.62. The summed E-state index contributed by atoms with van der Waals surface area (Å²) in [4.78, 5) is 38.3. The average molecular weight is 485 g/mol. The molecule has 8 nitrogen and oxygen atoms in total. The molecule has 1 spiro atoms. The largest absolute Gasteiger partial charge is 0.507 e. The van der Waals surface area contributed by atoms with Crippen molar-refractivity contribution in [3.63, 3.8) is 0 Å². The van der Waals surface area contributed by atoms with Crippen LogP contribution in [-0.2, 0) is 30.2 Å². The fourth-order valence-electron chi connectivity index (χ4n) is 6.45. The highest BCUT2D eigenvalue weighted by molar-refractivity contribution is 5.97. The van der Waals surface area contributed by atoms with Crippen molar-refractivity contribution in [3.8, 4) is 11.5 Å². The van der Waals surface area contributed by atoms with Gasteiger partial charge in [-0.2, -0.15) is 0 Å². The summed E-state index contributed by atoms with van der Waals surface area (Å²) in [6.07, 6.45) is 1.88. The fraction of sp³-hybridized carbons (Fsp3) is 0.593. The first-order chi connectivity index (χ1) is 16.3. The van der Waals surface area contributed by atoms with Crippen molar-refractivity contribution in [2.45, 2.75) is 90.6 Å². The molecule has 5 rings (SSSR count). The van der Waals surface area contributed by atoms with E-state index in [9.17, 15) is 19.5 Å². The number of ether oxygens (including phenoxy) is 4. The van der Waals surface area contributed by atoms with E-state index in [1.54, 1.807) is 6.92 Å². The number of rotatable bonds is 2. The topological polar surface area (TPSA) is 108 Å². The molecule has 0 saturated heterocycles. The number of esters is 2. The third-order valence-corrected chi connectivity index (χ3v) is 8.44. The molecular weight excluding hydrogens is 452 g/mol. The number of carbonyl (C=O) groups is 3. The quantitative estimate of drug-likeness (QED) is 0.619. The number of fused-ring (bicyclic) bond motifs is 3. The van der Waals surface area contributed by atoms with Crippen molar-refractivity contribution in [2.75, 3.05) is 0 Å². The predicted octanol–water partition coefficient (Wildman–Crippen LogP) is 4.32. The number of Topliss-reactive ketones (excluding diaryl/α,β-unsaturated/α-hetero) is 1. The lowest BCUT2D eigenvalue weighted by Crippen LogP contribution is -2.74. The monoisotopic (exact) mass is 484 g/mol. The number of allylic oxidation sites excluding steroid dienone is 2. The Bertz CT molecular complexity index is 1180. The molecule has 188 valence electrons. The van der Waals surface area contributed by atoms with Gasteiger partial charge in [-0.1, -0.05) is 13.8 Å². The third-order valence-electron chi connectivity index (χ3n) is 8.44. The first kappa shape index (κ1) is 23.7. The van der Waals surface area contributed by atoms with Crippen molar-refractivity contribution in [1.29, 1.82) is 0 Å². The summed E-state index contributed by atoms with van der Waals surface area (Å²) >= 11 is 0. The number of phenols is 1. The summed E-state index contributed by atoms with van der Waals surface area (Å²) in [6, 6.07) is 1.42. The molecule has 1 saturated carbocycles. The fourth-order valence-corrected chi connectivity index (χ4v) is 6.45. The van der Waals surface area contributed by atoms with Gasteiger partial charge in [-0.3, -0.25) is 9.59 Å². The summed E-state index contributed by atoms with van der Waals surface area (Å²) in [6.45, 7) is 10.9. The number of aromatic hydroxyl groups is 1. The lowest BCUT2D eigenvalue weighted by Gasteiger charge is -2.63. The van der Waals surface area contributed by atoms with E-state index in [4.69, 9.17) is 18.9 Å². The maximum absolute atomic E-state index is 13.4. The van der Waals surface area contributed by atoms with E-state index in [0.717, 1.165) is 5.76 Å². The molecule has 1 aliphatic carbocycles. The molecule has 1 aromatic carbocycles. The Morgan fingerprint density at radius 2 is 1.94 bits per heavy atom. The Hall–Kier alpha value is -3.03. The second kappa shape index (κ2) is 7.48. The Morgan fingerprint density at radius 1 is 1.23 bits per heavy atom. The maximum atomic E-state index is 13.4. The van der Waals surface area contributed by atoms with Crippen LogP contribution in [0.1, 0.15) is 88.4 Å². The van der Waals surface area contributed by atoms with Crippen molar-refractivity contribution >= 4 is 17.7 Å². The zero-order valence-electron chi connectivity index (χ0n) is 21.0. The van der Waals surface area contributed by atoms with Crippen molar-refractivity contribution in [1.82, 2.24) is 0 Å². The number of hydrogen-bond donors (Lipinski definition) is 1. The normalized spacial score (nSPS) is 35.3. The molecule has 8 heteroatoms. The van der Waals surface area contributed by atoms with Crippen LogP contribution >= 0.6 is 0 Å². The van der Waals surface area contributed by atoms with Crippen LogP contribution < -0.4 is 4.74 Å². The first-order valence-electron chi connectivity index (χ1n) is 12.2. The first-order valence-corrected chi connectivity index (χ1v) is 12.2. The zero-order chi connectivity index (χ0) is 25.5. The van der Waals surface area contributed by atoms with E-state index >= 15 is 0 Å². The van der Waals surface area contributed by atoms with Gasteiger partial charge < -0.3 is 24.1 Å². The van der Waals surface area contributed by atoms with Crippen LogP contribution in [0.3, 0.4) is 0 Å². The summed E-state index contributed by atoms with van der Waals surface area (Å²) < 4.78 is 24.4. The average Bonchev–Trinajstić information content (AvgIpc) is 2.76. The second-order valence-corrected chi connectivity index (χ2v) is 11.0. The van der Waals surface area contributed by atoms with Crippen LogP contribution in [0.15, 0.2) is 17.9 Å². The predicted molar refractivity (Wildman–Crippen MR) is 124 cm³/mol. The Balaban J connectivity index is 1.77. The standard InChI is InChI=1S/C27H32O8/c1-13(2)18-7-9-25(5)20(30)8-10-26(6)27(25,35-18)12-16-19(34-26)11-17(29)22-21(16)23(33-15(4)28)14(3)32-24(22)31/h7,11,13-14,23,29H,8-10,12H2,1-6H3/t14-,23+,25+,26-,27+/m1/s1. The van der Waals surface area contributed by atoms with Gasteiger partial charge in [0.2, 0.25) is 0 Å². The zero-order valence-corrected chi connectivity index (χ0v) is 21.0. The molecular formula is C27H32O8. The number of carbonyl (C=O) groups excluding carboxylic acids is 3. The van der Waals surface area contributed by atoms with Crippen LogP contribution in [0.25, 0.3) is 0 Å². The number of benzene rings is 1. The molecule has 3 heterocycles. The van der Waals surface area contributed by atoms with Crippen molar-refractivity contribution in [2.24, 2.45) is 11.3 Å². The summed E-state index contributed by atoms with van der Waals surface area (Å²) in [5, 5.41) is 10.8. The van der Waals surface area contributed by atoms with Gasteiger partial charge in [0, 0.05) is 42.9 Å².